The lowest BCUT2D eigenvalue weighted by atomic mass is 9.85. The quantitative estimate of drug-likeness (QED) is 0.791. The Bertz CT molecular complexity index is 301. The smallest absolute Gasteiger partial charge is 0.0522 e. The number of hydrogen-bond acceptors (Lipinski definition) is 2. The summed E-state index contributed by atoms with van der Waals surface area (Å²) in [5.74, 6) is 0. The van der Waals surface area contributed by atoms with Crippen LogP contribution in [0.15, 0.2) is 24.3 Å². The summed E-state index contributed by atoms with van der Waals surface area (Å²) in [5, 5.41) is 9.24. The Morgan fingerprint density at radius 2 is 1.80 bits per heavy atom. The van der Waals surface area contributed by atoms with Crippen molar-refractivity contribution in [3.05, 3.63) is 35.4 Å². The van der Waals surface area contributed by atoms with Gasteiger partial charge in [-0.05, 0) is 24.5 Å². The molecule has 0 bridgehead atoms. The molecule has 1 atom stereocenters. The summed E-state index contributed by atoms with van der Waals surface area (Å²) in [7, 11) is 0. The van der Waals surface area contributed by atoms with Crippen LogP contribution in [-0.2, 0) is 11.8 Å². The van der Waals surface area contributed by atoms with Crippen LogP contribution in [0.4, 0.5) is 0 Å². The number of benzene rings is 1. The van der Waals surface area contributed by atoms with Gasteiger partial charge in [-0.2, -0.15) is 0 Å². The van der Waals surface area contributed by atoms with Gasteiger partial charge >= 0.3 is 0 Å². The molecular weight excluding hydrogens is 186 g/mol. The zero-order valence-corrected chi connectivity index (χ0v) is 9.83. The summed E-state index contributed by atoms with van der Waals surface area (Å²) in [4.78, 5) is 0. The molecule has 3 N–H and O–H groups in total. The van der Waals surface area contributed by atoms with E-state index in [0.29, 0.717) is 0 Å². The first kappa shape index (κ1) is 12.2. The lowest BCUT2D eigenvalue weighted by Gasteiger charge is -2.22. The number of hydrogen-bond donors (Lipinski definition) is 2. The minimum absolute atomic E-state index is 0.160. The summed E-state index contributed by atoms with van der Waals surface area (Å²) in [6, 6.07) is 8.54. The van der Waals surface area contributed by atoms with E-state index >= 15 is 0 Å². The van der Waals surface area contributed by atoms with Crippen molar-refractivity contribution in [1.29, 1.82) is 0 Å². The van der Waals surface area contributed by atoms with Gasteiger partial charge in [0.05, 0.1) is 6.61 Å². The Balaban J connectivity index is 2.81. The molecule has 1 rings (SSSR count). The molecule has 1 aromatic carbocycles. The molecule has 0 spiro atoms. The predicted molar refractivity (Wildman–Crippen MR) is 63.9 cm³/mol. The van der Waals surface area contributed by atoms with Crippen LogP contribution < -0.4 is 5.73 Å². The van der Waals surface area contributed by atoms with E-state index in [1.807, 2.05) is 20.8 Å². The van der Waals surface area contributed by atoms with Crippen LogP contribution in [-0.4, -0.2) is 17.8 Å². The summed E-state index contributed by atoms with van der Waals surface area (Å²) in [6.07, 6.45) is 0.903. The molecule has 0 radical (unpaired) electrons. The van der Waals surface area contributed by atoms with Crippen molar-refractivity contribution in [2.75, 3.05) is 6.61 Å². The normalized spacial score (nSPS) is 13.9. The highest BCUT2D eigenvalue weighted by molar-refractivity contribution is 5.28. The van der Waals surface area contributed by atoms with Gasteiger partial charge in [0.15, 0.2) is 0 Å². The van der Waals surface area contributed by atoms with Gasteiger partial charge in [-0.1, -0.05) is 38.1 Å². The largest absolute Gasteiger partial charge is 0.395 e. The Labute approximate surface area is 92.1 Å². The molecule has 0 aliphatic rings. The minimum Gasteiger partial charge on any atom is -0.395 e. The van der Waals surface area contributed by atoms with Crippen molar-refractivity contribution in [3.8, 4) is 0 Å². The topological polar surface area (TPSA) is 46.2 Å². The SMILES string of the molecule is CC(N)Cc1ccc(C(C)(C)CO)cc1. The van der Waals surface area contributed by atoms with Gasteiger partial charge < -0.3 is 10.8 Å². The number of rotatable bonds is 4. The average molecular weight is 207 g/mol. The van der Waals surface area contributed by atoms with Crippen LogP contribution in [0.3, 0.4) is 0 Å². The molecule has 0 fully saturated rings. The van der Waals surface area contributed by atoms with Gasteiger partial charge in [0.2, 0.25) is 0 Å². The zero-order valence-electron chi connectivity index (χ0n) is 9.83. The van der Waals surface area contributed by atoms with E-state index in [1.165, 1.54) is 11.1 Å². The van der Waals surface area contributed by atoms with E-state index < -0.39 is 0 Å². The van der Waals surface area contributed by atoms with Crippen LogP contribution in [0.2, 0.25) is 0 Å². The lowest BCUT2D eigenvalue weighted by Crippen LogP contribution is -2.22. The first-order chi connectivity index (χ1) is 6.95. The van der Waals surface area contributed by atoms with E-state index in [9.17, 15) is 5.11 Å². The van der Waals surface area contributed by atoms with Gasteiger partial charge in [0.1, 0.15) is 0 Å². The molecule has 0 aliphatic heterocycles. The summed E-state index contributed by atoms with van der Waals surface area (Å²) >= 11 is 0. The fourth-order valence-electron chi connectivity index (χ4n) is 1.56. The summed E-state index contributed by atoms with van der Waals surface area (Å²) < 4.78 is 0. The minimum atomic E-state index is -0.160. The Morgan fingerprint density at radius 1 is 1.27 bits per heavy atom. The highest BCUT2D eigenvalue weighted by Crippen LogP contribution is 2.22. The van der Waals surface area contributed by atoms with Gasteiger partial charge in [-0.25, -0.2) is 0 Å². The van der Waals surface area contributed by atoms with Crippen molar-refractivity contribution < 1.29 is 5.11 Å². The van der Waals surface area contributed by atoms with E-state index in [1.54, 1.807) is 0 Å². The van der Waals surface area contributed by atoms with E-state index in [-0.39, 0.29) is 18.1 Å². The van der Waals surface area contributed by atoms with Crippen LogP contribution in [0.5, 0.6) is 0 Å². The molecule has 2 heteroatoms. The number of nitrogens with two attached hydrogens (primary N) is 1. The second kappa shape index (κ2) is 4.77. The third-order valence-corrected chi connectivity index (χ3v) is 2.69. The molecule has 15 heavy (non-hydrogen) atoms. The Morgan fingerprint density at radius 3 is 2.20 bits per heavy atom. The third-order valence-electron chi connectivity index (χ3n) is 2.69. The second-order valence-electron chi connectivity index (χ2n) is 4.92. The third kappa shape index (κ3) is 3.33. The van der Waals surface area contributed by atoms with E-state index in [2.05, 4.69) is 24.3 Å². The number of aliphatic hydroxyl groups is 1. The Hall–Kier alpha value is -0.860. The number of aliphatic hydroxyl groups excluding tert-OH is 1. The summed E-state index contributed by atoms with van der Waals surface area (Å²) in [6.45, 7) is 6.24. The van der Waals surface area contributed by atoms with Crippen LogP contribution in [0.25, 0.3) is 0 Å². The highest BCUT2D eigenvalue weighted by atomic mass is 16.3. The van der Waals surface area contributed by atoms with Crippen molar-refractivity contribution in [1.82, 2.24) is 0 Å². The average Bonchev–Trinajstić information content (AvgIpc) is 2.18. The molecule has 0 heterocycles. The van der Waals surface area contributed by atoms with Crippen LogP contribution >= 0.6 is 0 Å². The molecule has 2 nitrogen and oxygen atoms in total. The maximum atomic E-state index is 9.24. The molecule has 0 saturated carbocycles. The molecule has 0 saturated heterocycles. The fourth-order valence-corrected chi connectivity index (χ4v) is 1.56. The van der Waals surface area contributed by atoms with Crippen molar-refractivity contribution >= 4 is 0 Å². The first-order valence-corrected chi connectivity index (χ1v) is 5.41. The first-order valence-electron chi connectivity index (χ1n) is 5.41. The van der Waals surface area contributed by atoms with Gasteiger partial charge in [-0.3, -0.25) is 0 Å². The molecule has 1 unspecified atom stereocenters. The van der Waals surface area contributed by atoms with Gasteiger partial charge in [0.25, 0.3) is 0 Å². The monoisotopic (exact) mass is 207 g/mol. The summed E-state index contributed by atoms with van der Waals surface area (Å²) in [5.41, 5.74) is 7.99. The zero-order chi connectivity index (χ0) is 11.5. The molecule has 0 aliphatic carbocycles. The Kier molecular flexibility index (Phi) is 3.89. The van der Waals surface area contributed by atoms with Gasteiger partial charge in [0, 0.05) is 11.5 Å². The maximum absolute atomic E-state index is 9.24. The van der Waals surface area contributed by atoms with E-state index in [4.69, 9.17) is 5.73 Å². The molecular formula is C13H21NO. The van der Waals surface area contributed by atoms with Crippen molar-refractivity contribution in [2.24, 2.45) is 5.73 Å². The van der Waals surface area contributed by atoms with Crippen LogP contribution in [0.1, 0.15) is 31.9 Å². The highest BCUT2D eigenvalue weighted by Gasteiger charge is 2.18. The molecule has 0 aromatic heterocycles. The van der Waals surface area contributed by atoms with E-state index in [0.717, 1.165) is 6.42 Å². The maximum Gasteiger partial charge on any atom is 0.0522 e. The standard InChI is InChI=1S/C13H21NO/c1-10(14)8-11-4-6-12(7-5-11)13(2,3)9-15/h4-7,10,15H,8-9,14H2,1-3H3. The van der Waals surface area contributed by atoms with Crippen LogP contribution in [0, 0.1) is 0 Å². The fraction of sp³-hybridized carbons (Fsp3) is 0.538. The van der Waals surface area contributed by atoms with Crippen molar-refractivity contribution in [3.63, 3.8) is 0 Å². The molecule has 0 amide bonds. The molecule has 84 valence electrons. The molecule has 1 aromatic rings. The lowest BCUT2D eigenvalue weighted by molar-refractivity contribution is 0.218. The predicted octanol–water partition coefficient (Wildman–Crippen LogP) is 1.85. The van der Waals surface area contributed by atoms with Crippen molar-refractivity contribution in [2.45, 2.75) is 38.6 Å². The second-order valence-corrected chi connectivity index (χ2v) is 4.92. The van der Waals surface area contributed by atoms with Gasteiger partial charge in [-0.15, -0.1) is 0 Å².